The van der Waals surface area contributed by atoms with Crippen LogP contribution >= 0.6 is 23.2 Å². The van der Waals surface area contributed by atoms with Crippen LogP contribution in [0.25, 0.3) is 28.2 Å². The lowest BCUT2D eigenvalue weighted by atomic mass is 9.94. The van der Waals surface area contributed by atoms with Gasteiger partial charge in [0.15, 0.2) is 11.0 Å². The minimum absolute atomic E-state index is 0.00514. The van der Waals surface area contributed by atoms with E-state index in [0.717, 1.165) is 0 Å². The quantitative estimate of drug-likeness (QED) is 0.238. The summed E-state index contributed by atoms with van der Waals surface area (Å²) in [4.78, 5) is 31.0. The molecule has 0 spiro atoms. The van der Waals surface area contributed by atoms with Crippen molar-refractivity contribution in [2.45, 2.75) is 38.8 Å². The largest absolute Gasteiger partial charge is 0.333 e. The van der Waals surface area contributed by atoms with Gasteiger partial charge in [-0.05, 0) is 36.6 Å². The van der Waals surface area contributed by atoms with Gasteiger partial charge < -0.3 is 5.32 Å². The number of rotatable bonds is 4. The summed E-state index contributed by atoms with van der Waals surface area (Å²) in [5.41, 5.74) is 0.883. The SMILES string of the molecule is C[C@@H]1CCC[C@H](n2cnc(-c3c(-n4cc(Cl)nn4)ccc(Cl)c3F)cc2=O)c2cccc(c2)-c2c(cnn2C(F)F)NC1=O. The summed E-state index contributed by atoms with van der Waals surface area (Å²) >= 11 is 12.0. The highest BCUT2D eigenvalue weighted by molar-refractivity contribution is 6.31. The molecule has 4 heterocycles. The minimum Gasteiger partial charge on any atom is -0.323 e. The molecule has 0 radical (unpaired) electrons. The number of carbonyl (C=O) groups is 1. The van der Waals surface area contributed by atoms with E-state index in [0.29, 0.717) is 35.1 Å². The molecule has 0 unspecified atom stereocenters. The van der Waals surface area contributed by atoms with Crippen LogP contribution in [0.2, 0.25) is 10.2 Å². The highest BCUT2D eigenvalue weighted by Gasteiger charge is 2.26. The first-order valence-electron chi connectivity index (χ1n) is 13.5. The molecule has 15 heteroatoms. The fourth-order valence-corrected chi connectivity index (χ4v) is 5.65. The third-order valence-electron chi connectivity index (χ3n) is 7.56. The van der Waals surface area contributed by atoms with E-state index < -0.39 is 29.9 Å². The van der Waals surface area contributed by atoms with Gasteiger partial charge in [0.05, 0.1) is 58.1 Å². The van der Waals surface area contributed by atoms with Crippen molar-refractivity contribution in [3.63, 3.8) is 0 Å². The van der Waals surface area contributed by atoms with E-state index in [1.54, 1.807) is 31.2 Å². The number of fused-ring (bicyclic) bond motifs is 4. The van der Waals surface area contributed by atoms with Crippen LogP contribution in [0.15, 0.2) is 66.0 Å². The van der Waals surface area contributed by atoms with Crippen molar-refractivity contribution in [3.8, 4) is 28.2 Å². The number of hydrogen-bond acceptors (Lipinski definition) is 6. The highest BCUT2D eigenvalue weighted by atomic mass is 35.5. The van der Waals surface area contributed by atoms with Gasteiger partial charge in [0.2, 0.25) is 5.91 Å². The number of alkyl halides is 2. The molecule has 0 aliphatic carbocycles. The Kier molecular flexibility index (Phi) is 7.99. The van der Waals surface area contributed by atoms with Crippen molar-refractivity contribution in [2.75, 3.05) is 5.32 Å². The Morgan fingerprint density at radius 1 is 1.09 bits per heavy atom. The Labute approximate surface area is 258 Å². The molecule has 5 aromatic rings. The lowest BCUT2D eigenvalue weighted by Crippen LogP contribution is -2.26. The normalized spacial score (nSPS) is 17.1. The topological polar surface area (TPSA) is 113 Å². The van der Waals surface area contributed by atoms with E-state index >= 15 is 4.39 Å². The third-order valence-corrected chi connectivity index (χ3v) is 8.02. The van der Waals surface area contributed by atoms with Gasteiger partial charge in [0.1, 0.15) is 0 Å². The summed E-state index contributed by atoms with van der Waals surface area (Å²) < 4.78 is 46.5. The number of halogens is 5. The molecule has 2 atom stereocenters. The van der Waals surface area contributed by atoms with E-state index in [9.17, 15) is 18.4 Å². The smallest absolute Gasteiger partial charge is 0.323 e. The van der Waals surface area contributed by atoms with Crippen LogP contribution in [0.4, 0.5) is 18.9 Å². The molecule has 3 aromatic heterocycles. The monoisotopic (exact) mass is 642 g/mol. The van der Waals surface area contributed by atoms with E-state index in [2.05, 4.69) is 25.7 Å². The fraction of sp³-hybridized carbons (Fsp3) is 0.241. The van der Waals surface area contributed by atoms with Crippen molar-refractivity contribution in [3.05, 3.63) is 93.1 Å². The van der Waals surface area contributed by atoms with Crippen molar-refractivity contribution < 1.29 is 18.0 Å². The molecule has 0 saturated heterocycles. The maximum absolute atomic E-state index is 15.4. The molecule has 1 aliphatic heterocycles. The Morgan fingerprint density at radius 3 is 2.64 bits per heavy atom. The molecule has 10 nitrogen and oxygen atoms in total. The molecular formula is C29H23Cl2F3N8O2. The number of carbonyl (C=O) groups excluding carboxylic acids is 1. The van der Waals surface area contributed by atoms with Gasteiger partial charge in [-0.3, -0.25) is 14.2 Å². The zero-order chi connectivity index (χ0) is 31.1. The molecule has 2 bridgehead atoms. The maximum atomic E-state index is 15.4. The Morgan fingerprint density at radius 2 is 1.91 bits per heavy atom. The Balaban J connectivity index is 1.47. The molecule has 226 valence electrons. The van der Waals surface area contributed by atoms with Gasteiger partial charge >= 0.3 is 6.55 Å². The summed E-state index contributed by atoms with van der Waals surface area (Å²) in [5.74, 6) is -1.58. The van der Waals surface area contributed by atoms with Crippen molar-refractivity contribution in [1.82, 2.24) is 34.3 Å². The Bertz CT molecular complexity index is 1940. The van der Waals surface area contributed by atoms with Gasteiger partial charge in [0.25, 0.3) is 5.56 Å². The van der Waals surface area contributed by atoms with Crippen LogP contribution in [0, 0.1) is 11.7 Å². The zero-order valence-corrected chi connectivity index (χ0v) is 24.5. The summed E-state index contributed by atoms with van der Waals surface area (Å²) in [5, 5.41) is 14.1. The van der Waals surface area contributed by atoms with Crippen LogP contribution in [0.1, 0.15) is 44.3 Å². The van der Waals surface area contributed by atoms with E-state index in [1.807, 2.05) is 0 Å². The van der Waals surface area contributed by atoms with Crippen molar-refractivity contribution in [2.24, 2.45) is 5.92 Å². The average molecular weight is 643 g/mol. The van der Waals surface area contributed by atoms with Crippen LogP contribution in [-0.2, 0) is 4.79 Å². The van der Waals surface area contributed by atoms with Gasteiger partial charge in [-0.15, -0.1) is 5.10 Å². The van der Waals surface area contributed by atoms with Crippen LogP contribution in [0.5, 0.6) is 0 Å². The fourth-order valence-electron chi connectivity index (χ4n) is 5.37. The molecule has 2 aromatic carbocycles. The third kappa shape index (κ3) is 5.48. The number of amides is 1. The minimum atomic E-state index is -2.95. The predicted octanol–water partition coefficient (Wildman–Crippen LogP) is 6.54. The first-order valence-corrected chi connectivity index (χ1v) is 14.3. The summed E-state index contributed by atoms with van der Waals surface area (Å²) in [6, 6.07) is 10.2. The molecule has 0 saturated carbocycles. The summed E-state index contributed by atoms with van der Waals surface area (Å²) in [7, 11) is 0. The van der Waals surface area contributed by atoms with E-state index in [4.69, 9.17) is 23.2 Å². The van der Waals surface area contributed by atoms with Gasteiger partial charge in [-0.25, -0.2) is 18.7 Å². The highest BCUT2D eigenvalue weighted by Crippen LogP contribution is 2.36. The predicted molar refractivity (Wildman–Crippen MR) is 158 cm³/mol. The van der Waals surface area contributed by atoms with Crippen LogP contribution in [0.3, 0.4) is 0 Å². The van der Waals surface area contributed by atoms with Crippen molar-refractivity contribution >= 4 is 34.8 Å². The van der Waals surface area contributed by atoms with Gasteiger partial charge in [-0.2, -0.15) is 13.9 Å². The first-order chi connectivity index (χ1) is 21.1. The van der Waals surface area contributed by atoms with Gasteiger partial charge in [0, 0.05) is 17.5 Å². The van der Waals surface area contributed by atoms with E-state index in [-0.39, 0.29) is 44.4 Å². The molecule has 0 fully saturated rings. The number of nitrogens with zero attached hydrogens (tertiary/aromatic N) is 7. The van der Waals surface area contributed by atoms with Crippen molar-refractivity contribution in [1.29, 1.82) is 0 Å². The summed E-state index contributed by atoms with van der Waals surface area (Å²) in [6.07, 6.45) is 5.34. The standard InChI is InChI=1S/C29H23Cl2F3N8O2/c1-15-4-2-7-21(16-5-3-6-17(10-16)27-20(37-28(15)44)12-36-42(27)29(33)34)40-14-35-19(11-24(40)43)25-22(9-8-18(30)26(25)32)41-13-23(31)38-39-41/h3,5-6,8-15,21,29H,2,4,7H2,1H3,(H,37,44)/t15-,21+/m1/s1. The number of nitrogens with one attached hydrogen (secondary N) is 1. The lowest BCUT2D eigenvalue weighted by molar-refractivity contribution is -0.119. The summed E-state index contributed by atoms with van der Waals surface area (Å²) in [6.45, 7) is -1.21. The van der Waals surface area contributed by atoms with E-state index in [1.165, 1.54) is 46.2 Å². The molecule has 1 amide bonds. The molecule has 44 heavy (non-hydrogen) atoms. The second-order valence-corrected chi connectivity index (χ2v) is 11.1. The van der Waals surface area contributed by atoms with Crippen LogP contribution in [-0.4, -0.2) is 40.2 Å². The zero-order valence-electron chi connectivity index (χ0n) is 23.0. The number of aromatic nitrogens is 7. The van der Waals surface area contributed by atoms with Crippen LogP contribution < -0.4 is 10.9 Å². The average Bonchev–Trinajstić information content (AvgIpc) is 3.62. The number of benzene rings is 2. The lowest BCUT2D eigenvalue weighted by Gasteiger charge is -2.23. The second kappa shape index (κ2) is 11.9. The first kappa shape index (κ1) is 29.6. The molecule has 1 N–H and O–H groups in total. The molecule has 1 aliphatic rings. The van der Waals surface area contributed by atoms with Gasteiger partial charge in [-0.1, -0.05) is 60.0 Å². The molecular weight excluding hydrogens is 620 g/mol. The number of hydrogen-bond donors (Lipinski definition) is 1. The Hall–Kier alpha value is -4.49. The molecule has 6 rings (SSSR count). The number of anilines is 1. The second-order valence-electron chi connectivity index (χ2n) is 10.4. The maximum Gasteiger partial charge on any atom is 0.333 e.